The number of nitrogens with zero attached hydrogens (tertiary/aromatic N) is 7. The molecule has 28 heavy (non-hydrogen) atoms. The Morgan fingerprint density at radius 2 is 1.82 bits per heavy atom. The topological polar surface area (TPSA) is 86.7 Å². The summed E-state index contributed by atoms with van der Waals surface area (Å²) in [5.41, 5.74) is 2.49. The Morgan fingerprint density at radius 1 is 1.04 bits per heavy atom. The van der Waals surface area contributed by atoms with Crippen LogP contribution in [-0.2, 0) is 6.18 Å². The van der Waals surface area contributed by atoms with E-state index in [0.717, 1.165) is 43.9 Å². The van der Waals surface area contributed by atoms with Crippen molar-refractivity contribution in [3.05, 3.63) is 30.1 Å². The summed E-state index contributed by atoms with van der Waals surface area (Å²) in [4.78, 5) is 20.3. The van der Waals surface area contributed by atoms with Gasteiger partial charge in [0.25, 0.3) is 0 Å². The standard InChI is InChI=1S/C17H17F3N8/c1-10-12(5-22-15(24-10)17(18,19)20)28-8-16(9-28)2-3-27(7-16)13-6-21-11-4-23-26-14(11)25-13/h4-6H,2-3,7-9H2,1H3,(H,23,25,26). The van der Waals surface area contributed by atoms with Crippen molar-refractivity contribution in [3.8, 4) is 0 Å². The number of rotatable bonds is 2. The molecule has 146 valence electrons. The lowest BCUT2D eigenvalue weighted by Gasteiger charge is -2.49. The van der Waals surface area contributed by atoms with E-state index in [4.69, 9.17) is 0 Å². The van der Waals surface area contributed by atoms with Gasteiger partial charge in [-0.1, -0.05) is 0 Å². The molecular formula is C17H17F3N8. The third kappa shape index (κ3) is 2.72. The van der Waals surface area contributed by atoms with Gasteiger partial charge in [0.05, 0.1) is 30.0 Å². The molecule has 2 aliphatic rings. The molecule has 5 heterocycles. The number of H-pyrrole nitrogens is 1. The van der Waals surface area contributed by atoms with Crippen LogP contribution in [0.15, 0.2) is 18.6 Å². The average molecular weight is 390 g/mol. The van der Waals surface area contributed by atoms with Crippen molar-refractivity contribution in [2.24, 2.45) is 5.41 Å². The van der Waals surface area contributed by atoms with Gasteiger partial charge in [-0.15, -0.1) is 0 Å². The van der Waals surface area contributed by atoms with Gasteiger partial charge < -0.3 is 9.80 Å². The minimum Gasteiger partial charge on any atom is -0.367 e. The van der Waals surface area contributed by atoms with Crippen molar-refractivity contribution < 1.29 is 13.2 Å². The lowest BCUT2D eigenvalue weighted by atomic mass is 9.78. The lowest BCUT2D eigenvalue weighted by molar-refractivity contribution is -0.145. The number of aryl methyl sites for hydroxylation is 1. The van der Waals surface area contributed by atoms with Crippen molar-refractivity contribution in [1.82, 2.24) is 30.1 Å². The van der Waals surface area contributed by atoms with Crippen molar-refractivity contribution in [1.29, 1.82) is 0 Å². The quantitative estimate of drug-likeness (QED) is 0.718. The Morgan fingerprint density at radius 3 is 2.57 bits per heavy atom. The third-order valence-electron chi connectivity index (χ3n) is 5.51. The van der Waals surface area contributed by atoms with E-state index in [2.05, 4.69) is 35.0 Å². The van der Waals surface area contributed by atoms with Gasteiger partial charge in [-0.2, -0.15) is 18.3 Å². The van der Waals surface area contributed by atoms with E-state index in [1.165, 1.54) is 6.20 Å². The highest BCUT2D eigenvalue weighted by Crippen LogP contribution is 2.43. The zero-order valence-electron chi connectivity index (χ0n) is 15.0. The maximum atomic E-state index is 12.8. The number of aromatic nitrogens is 6. The molecule has 0 saturated carbocycles. The summed E-state index contributed by atoms with van der Waals surface area (Å²) in [5, 5.41) is 6.77. The second-order valence-electron chi connectivity index (χ2n) is 7.52. The molecule has 2 saturated heterocycles. The highest BCUT2D eigenvalue weighted by molar-refractivity contribution is 5.70. The highest BCUT2D eigenvalue weighted by Gasteiger charge is 2.48. The van der Waals surface area contributed by atoms with E-state index in [1.807, 2.05) is 4.90 Å². The second-order valence-corrected chi connectivity index (χ2v) is 7.52. The smallest absolute Gasteiger partial charge is 0.367 e. The summed E-state index contributed by atoms with van der Waals surface area (Å²) < 4.78 is 38.3. The first-order chi connectivity index (χ1) is 13.3. The first-order valence-corrected chi connectivity index (χ1v) is 8.90. The summed E-state index contributed by atoms with van der Waals surface area (Å²) in [6.07, 6.45) is 1.13. The number of halogens is 3. The minimum atomic E-state index is -4.53. The molecule has 0 radical (unpaired) electrons. The van der Waals surface area contributed by atoms with Crippen LogP contribution in [0.4, 0.5) is 24.7 Å². The number of fused-ring (bicyclic) bond motifs is 1. The van der Waals surface area contributed by atoms with Crippen molar-refractivity contribution in [2.45, 2.75) is 19.5 Å². The number of hydrogen-bond acceptors (Lipinski definition) is 7. The number of anilines is 2. The molecule has 11 heteroatoms. The normalized spacial score (nSPS) is 18.9. The van der Waals surface area contributed by atoms with Gasteiger partial charge in [0.2, 0.25) is 5.82 Å². The van der Waals surface area contributed by atoms with Crippen LogP contribution in [-0.4, -0.2) is 56.3 Å². The van der Waals surface area contributed by atoms with Gasteiger partial charge in [-0.05, 0) is 13.3 Å². The molecule has 1 N–H and O–H groups in total. The van der Waals surface area contributed by atoms with Crippen LogP contribution >= 0.6 is 0 Å². The molecule has 1 spiro atoms. The molecule has 2 aliphatic heterocycles. The maximum absolute atomic E-state index is 12.8. The predicted molar refractivity (Wildman–Crippen MR) is 94.9 cm³/mol. The molecule has 8 nitrogen and oxygen atoms in total. The van der Waals surface area contributed by atoms with E-state index in [0.29, 0.717) is 17.0 Å². The summed E-state index contributed by atoms with van der Waals surface area (Å²) in [6.45, 7) is 4.81. The maximum Gasteiger partial charge on any atom is 0.451 e. The Labute approximate surface area is 157 Å². The molecule has 0 atom stereocenters. The Balaban J connectivity index is 1.29. The van der Waals surface area contributed by atoms with Crippen LogP contribution in [0, 0.1) is 12.3 Å². The predicted octanol–water partition coefficient (Wildman–Crippen LogP) is 2.19. The first kappa shape index (κ1) is 17.1. The van der Waals surface area contributed by atoms with Gasteiger partial charge >= 0.3 is 6.18 Å². The number of aromatic amines is 1. The van der Waals surface area contributed by atoms with Gasteiger partial charge in [0.1, 0.15) is 11.3 Å². The monoisotopic (exact) mass is 390 g/mol. The van der Waals surface area contributed by atoms with Crippen LogP contribution in [0.25, 0.3) is 11.2 Å². The highest BCUT2D eigenvalue weighted by atomic mass is 19.4. The summed E-state index contributed by atoms with van der Waals surface area (Å²) >= 11 is 0. The molecule has 0 aliphatic carbocycles. The Hall–Kier alpha value is -2.98. The first-order valence-electron chi connectivity index (χ1n) is 8.90. The summed E-state index contributed by atoms with van der Waals surface area (Å²) in [7, 11) is 0. The van der Waals surface area contributed by atoms with Crippen molar-refractivity contribution >= 4 is 22.7 Å². The SMILES string of the molecule is Cc1nc(C(F)(F)F)ncc1N1CC2(CCN(c3cnc4cn[nH]c4n3)C2)C1. The molecule has 3 aromatic rings. The van der Waals surface area contributed by atoms with Crippen LogP contribution in [0.1, 0.15) is 17.9 Å². The van der Waals surface area contributed by atoms with E-state index < -0.39 is 12.0 Å². The van der Waals surface area contributed by atoms with E-state index >= 15 is 0 Å². The van der Waals surface area contributed by atoms with Gasteiger partial charge in [0, 0.05) is 31.6 Å². The fraction of sp³-hybridized carbons (Fsp3) is 0.471. The molecule has 0 unspecified atom stereocenters. The fourth-order valence-electron chi connectivity index (χ4n) is 4.10. The average Bonchev–Trinajstić information content (AvgIpc) is 3.26. The molecule has 0 aromatic carbocycles. The van der Waals surface area contributed by atoms with E-state index in [9.17, 15) is 13.2 Å². The van der Waals surface area contributed by atoms with Crippen molar-refractivity contribution in [3.63, 3.8) is 0 Å². The zero-order valence-corrected chi connectivity index (χ0v) is 15.0. The van der Waals surface area contributed by atoms with Crippen LogP contribution in [0.5, 0.6) is 0 Å². The van der Waals surface area contributed by atoms with Crippen molar-refractivity contribution in [2.75, 3.05) is 36.0 Å². The molecule has 3 aromatic heterocycles. The van der Waals surface area contributed by atoms with E-state index in [-0.39, 0.29) is 5.41 Å². The van der Waals surface area contributed by atoms with Crippen LogP contribution in [0.2, 0.25) is 0 Å². The van der Waals surface area contributed by atoms with Gasteiger partial charge in [-0.25, -0.2) is 19.9 Å². The zero-order chi connectivity index (χ0) is 19.5. The summed E-state index contributed by atoms with van der Waals surface area (Å²) in [6, 6.07) is 0. The molecule has 5 rings (SSSR count). The summed E-state index contributed by atoms with van der Waals surface area (Å²) in [5.74, 6) is -0.287. The number of hydrogen-bond donors (Lipinski definition) is 1. The molecule has 0 amide bonds. The minimum absolute atomic E-state index is 0.0970. The second kappa shape index (κ2) is 5.76. The van der Waals surface area contributed by atoms with Crippen LogP contribution in [0.3, 0.4) is 0 Å². The van der Waals surface area contributed by atoms with E-state index in [1.54, 1.807) is 19.3 Å². The third-order valence-corrected chi connectivity index (χ3v) is 5.51. The van der Waals surface area contributed by atoms with Gasteiger partial charge in [-0.3, -0.25) is 5.10 Å². The Kier molecular flexibility index (Phi) is 3.52. The van der Waals surface area contributed by atoms with Crippen LogP contribution < -0.4 is 9.80 Å². The van der Waals surface area contributed by atoms with Gasteiger partial charge in [0.15, 0.2) is 5.65 Å². The lowest BCUT2D eigenvalue weighted by Crippen LogP contribution is -2.58. The number of nitrogens with one attached hydrogen (secondary N) is 1. The largest absolute Gasteiger partial charge is 0.451 e. The molecule has 2 fully saturated rings. The fourth-order valence-corrected chi connectivity index (χ4v) is 4.10. The number of alkyl halides is 3. The molecule has 0 bridgehead atoms. The molecular weight excluding hydrogens is 373 g/mol. The Bertz CT molecular complexity index is 1040.